The van der Waals surface area contributed by atoms with E-state index >= 15 is 0 Å². The molecular formula is C23H34N2O2. The van der Waals surface area contributed by atoms with Crippen molar-refractivity contribution in [1.29, 1.82) is 0 Å². The van der Waals surface area contributed by atoms with Crippen LogP contribution in [0, 0.1) is 13.8 Å². The lowest BCUT2D eigenvalue weighted by Crippen LogP contribution is -1.99. The van der Waals surface area contributed by atoms with Crippen LogP contribution in [-0.2, 0) is 0 Å². The Hall–Kier alpha value is -2.36. The van der Waals surface area contributed by atoms with Crippen molar-refractivity contribution in [2.45, 2.75) is 58.8 Å². The number of unbranched alkanes of at least 4 members (excludes halogenated alkanes) is 6. The first kappa shape index (κ1) is 20.9. The normalized spacial score (nSPS) is 10.7. The molecule has 0 aliphatic rings. The molecule has 0 saturated heterocycles. The maximum absolute atomic E-state index is 5.81. The second-order valence-corrected chi connectivity index (χ2v) is 7.21. The molecule has 27 heavy (non-hydrogen) atoms. The largest absolute Gasteiger partial charge is 0.494 e. The van der Waals surface area contributed by atoms with Crippen molar-refractivity contribution in [3.8, 4) is 11.5 Å². The van der Waals surface area contributed by atoms with Gasteiger partial charge in [0.25, 0.3) is 0 Å². The Bertz CT molecular complexity index is 641. The summed E-state index contributed by atoms with van der Waals surface area (Å²) in [6, 6.07) is 11.7. The third kappa shape index (κ3) is 7.81. The van der Waals surface area contributed by atoms with E-state index in [1.807, 2.05) is 50.2 Å². The van der Waals surface area contributed by atoms with Crippen molar-refractivity contribution in [2.75, 3.05) is 24.7 Å². The average molecular weight is 371 g/mol. The van der Waals surface area contributed by atoms with Crippen molar-refractivity contribution in [3.63, 3.8) is 0 Å². The van der Waals surface area contributed by atoms with Gasteiger partial charge in [0.15, 0.2) is 0 Å². The van der Waals surface area contributed by atoms with Gasteiger partial charge >= 0.3 is 0 Å². The molecule has 148 valence electrons. The third-order valence-corrected chi connectivity index (χ3v) is 4.81. The van der Waals surface area contributed by atoms with Crippen LogP contribution in [0.5, 0.6) is 11.5 Å². The summed E-state index contributed by atoms with van der Waals surface area (Å²) < 4.78 is 11.6. The van der Waals surface area contributed by atoms with Gasteiger partial charge in [0.05, 0.1) is 13.2 Å². The SMILES string of the molecule is Cc1cc(OCCCCCCCCCOc2ccc(N)c(C)c2)ccc1N. The molecule has 0 heterocycles. The fraction of sp³-hybridized carbons (Fsp3) is 0.478. The lowest BCUT2D eigenvalue weighted by Gasteiger charge is -2.09. The zero-order valence-corrected chi connectivity index (χ0v) is 16.8. The minimum absolute atomic E-state index is 0.776. The Morgan fingerprint density at radius 1 is 0.593 bits per heavy atom. The van der Waals surface area contributed by atoms with Crippen LogP contribution >= 0.6 is 0 Å². The van der Waals surface area contributed by atoms with E-state index in [0.717, 1.165) is 60.1 Å². The molecule has 4 heteroatoms. The van der Waals surface area contributed by atoms with Gasteiger partial charge in [-0.2, -0.15) is 0 Å². The highest BCUT2D eigenvalue weighted by Gasteiger charge is 1.99. The van der Waals surface area contributed by atoms with Crippen LogP contribution in [-0.4, -0.2) is 13.2 Å². The molecule has 2 rings (SSSR count). The molecule has 2 aromatic rings. The molecule has 0 saturated carbocycles. The highest BCUT2D eigenvalue weighted by molar-refractivity contribution is 5.50. The first-order chi connectivity index (χ1) is 13.1. The van der Waals surface area contributed by atoms with E-state index in [-0.39, 0.29) is 0 Å². The standard InChI is InChI=1S/C23H34N2O2/c1-18-16-20(10-12-22(18)24)26-14-8-6-4-3-5-7-9-15-27-21-11-13-23(25)19(2)17-21/h10-13,16-17H,3-9,14-15,24-25H2,1-2H3. The smallest absolute Gasteiger partial charge is 0.119 e. The Balaban J connectivity index is 1.42. The van der Waals surface area contributed by atoms with Gasteiger partial charge in [0.1, 0.15) is 11.5 Å². The lowest BCUT2D eigenvalue weighted by molar-refractivity contribution is 0.299. The van der Waals surface area contributed by atoms with Crippen molar-refractivity contribution in [1.82, 2.24) is 0 Å². The number of hydrogen-bond donors (Lipinski definition) is 2. The number of benzene rings is 2. The maximum atomic E-state index is 5.81. The number of nitrogen functional groups attached to an aromatic ring is 2. The molecule has 0 aliphatic carbocycles. The highest BCUT2D eigenvalue weighted by Crippen LogP contribution is 2.20. The number of rotatable bonds is 12. The lowest BCUT2D eigenvalue weighted by atomic mass is 10.1. The molecule has 0 aliphatic heterocycles. The Morgan fingerprint density at radius 2 is 0.963 bits per heavy atom. The Labute approximate surface area is 163 Å². The second-order valence-electron chi connectivity index (χ2n) is 7.21. The summed E-state index contributed by atoms with van der Waals surface area (Å²) >= 11 is 0. The molecule has 0 amide bonds. The van der Waals surface area contributed by atoms with Crippen LogP contribution in [0.4, 0.5) is 11.4 Å². The number of aryl methyl sites for hydroxylation is 2. The van der Waals surface area contributed by atoms with Gasteiger partial charge in [-0.05, 0) is 74.2 Å². The monoisotopic (exact) mass is 370 g/mol. The Kier molecular flexibility index (Phi) is 8.82. The van der Waals surface area contributed by atoms with Gasteiger partial charge in [0, 0.05) is 11.4 Å². The van der Waals surface area contributed by atoms with E-state index in [9.17, 15) is 0 Å². The summed E-state index contributed by atoms with van der Waals surface area (Å²) in [6.07, 6.45) is 8.45. The average Bonchev–Trinajstić information content (AvgIpc) is 2.65. The van der Waals surface area contributed by atoms with Gasteiger partial charge < -0.3 is 20.9 Å². The number of anilines is 2. The fourth-order valence-electron chi connectivity index (χ4n) is 2.94. The minimum atomic E-state index is 0.776. The van der Waals surface area contributed by atoms with Crippen molar-refractivity contribution >= 4 is 11.4 Å². The highest BCUT2D eigenvalue weighted by atomic mass is 16.5. The van der Waals surface area contributed by atoms with Gasteiger partial charge in [-0.25, -0.2) is 0 Å². The molecule has 0 bridgehead atoms. The van der Waals surface area contributed by atoms with E-state index in [1.165, 1.54) is 32.1 Å². The number of nitrogens with two attached hydrogens (primary N) is 2. The van der Waals surface area contributed by atoms with E-state index in [0.29, 0.717) is 0 Å². The van der Waals surface area contributed by atoms with Crippen LogP contribution in [0.2, 0.25) is 0 Å². The molecule has 0 radical (unpaired) electrons. The van der Waals surface area contributed by atoms with E-state index in [2.05, 4.69) is 0 Å². The first-order valence-electron chi connectivity index (χ1n) is 10.0. The maximum Gasteiger partial charge on any atom is 0.119 e. The summed E-state index contributed by atoms with van der Waals surface area (Å²) in [5, 5.41) is 0. The summed E-state index contributed by atoms with van der Waals surface area (Å²) in [5.41, 5.74) is 15.4. The van der Waals surface area contributed by atoms with Crippen LogP contribution in [0.25, 0.3) is 0 Å². The summed E-state index contributed by atoms with van der Waals surface area (Å²) in [6.45, 7) is 5.56. The zero-order chi connectivity index (χ0) is 19.5. The topological polar surface area (TPSA) is 70.5 Å². The summed E-state index contributed by atoms with van der Waals surface area (Å²) in [4.78, 5) is 0. The van der Waals surface area contributed by atoms with Gasteiger partial charge in [-0.15, -0.1) is 0 Å². The van der Waals surface area contributed by atoms with Crippen molar-refractivity contribution < 1.29 is 9.47 Å². The molecule has 0 unspecified atom stereocenters. The van der Waals surface area contributed by atoms with E-state index in [1.54, 1.807) is 0 Å². The van der Waals surface area contributed by atoms with Crippen LogP contribution in [0.1, 0.15) is 56.1 Å². The second kappa shape index (κ2) is 11.4. The van der Waals surface area contributed by atoms with Crippen LogP contribution < -0.4 is 20.9 Å². The molecule has 4 N–H and O–H groups in total. The minimum Gasteiger partial charge on any atom is -0.494 e. The van der Waals surface area contributed by atoms with E-state index in [4.69, 9.17) is 20.9 Å². The van der Waals surface area contributed by atoms with Gasteiger partial charge in [0.2, 0.25) is 0 Å². The van der Waals surface area contributed by atoms with Crippen LogP contribution in [0.15, 0.2) is 36.4 Å². The predicted octanol–water partition coefficient (Wildman–Crippen LogP) is 5.66. The van der Waals surface area contributed by atoms with Gasteiger partial charge in [-0.1, -0.05) is 32.1 Å². The first-order valence-corrected chi connectivity index (χ1v) is 10.0. The number of ether oxygens (including phenoxy) is 2. The Morgan fingerprint density at radius 3 is 1.33 bits per heavy atom. The van der Waals surface area contributed by atoms with Crippen molar-refractivity contribution in [2.24, 2.45) is 0 Å². The molecule has 2 aromatic carbocycles. The molecule has 0 fully saturated rings. The molecule has 4 nitrogen and oxygen atoms in total. The zero-order valence-electron chi connectivity index (χ0n) is 16.8. The molecule has 0 aromatic heterocycles. The summed E-state index contributed by atoms with van der Waals surface area (Å²) in [5.74, 6) is 1.83. The molecular weight excluding hydrogens is 336 g/mol. The third-order valence-electron chi connectivity index (χ3n) is 4.81. The van der Waals surface area contributed by atoms with Gasteiger partial charge in [-0.3, -0.25) is 0 Å². The van der Waals surface area contributed by atoms with Crippen molar-refractivity contribution in [3.05, 3.63) is 47.5 Å². The predicted molar refractivity (Wildman–Crippen MR) is 114 cm³/mol. The molecule has 0 atom stereocenters. The number of hydrogen-bond acceptors (Lipinski definition) is 4. The fourth-order valence-corrected chi connectivity index (χ4v) is 2.94. The quantitative estimate of drug-likeness (QED) is 0.374. The van der Waals surface area contributed by atoms with Crippen LogP contribution in [0.3, 0.4) is 0 Å². The summed E-state index contributed by atoms with van der Waals surface area (Å²) in [7, 11) is 0. The van der Waals surface area contributed by atoms with E-state index < -0.39 is 0 Å². The molecule has 0 spiro atoms.